The van der Waals surface area contributed by atoms with Crippen LogP contribution in [0.5, 0.6) is 0 Å². The lowest BCUT2D eigenvalue weighted by molar-refractivity contribution is 0.0689. The number of anilines is 1. The zero-order valence-corrected chi connectivity index (χ0v) is 16.4. The molecule has 0 aliphatic carbocycles. The minimum atomic E-state index is 0.0134. The molecule has 1 fully saturated rings. The van der Waals surface area contributed by atoms with E-state index in [1.807, 2.05) is 29.2 Å². The highest BCUT2D eigenvalue weighted by Gasteiger charge is 2.24. The Hall–Kier alpha value is -3.28. The predicted molar refractivity (Wildman–Crippen MR) is 112 cm³/mol. The van der Waals surface area contributed by atoms with Gasteiger partial charge in [0.1, 0.15) is 0 Å². The lowest BCUT2D eigenvalue weighted by Crippen LogP contribution is -2.39. The highest BCUT2D eigenvalue weighted by Crippen LogP contribution is 2.22. The Balaban J connectivity index is 1.27. The minimum Gasteiger partial charge on any atom is -0.349 e. The number of likely N-dealkylation sites (tertiary alicyclic amines) is 1. The van der Waals surface area contributed by atoms with Gasteiger partial charge in [-0.15, -0.1) is 0 Å². The van der Waals surface area contributed by atoms with Crippen LogP contribution in [0.25, 0.3) is 0 Å². The molecule has 0 unspecified atom stereocenters. The van der Waals surface area contributed by atoms with Gasteiger partial charge >= 0.3 is 0 Å². The first kappa shape index (κ1) is 19.1. The first-order valence-electron chi connectivity index (χ1n) is 10.1. The molecule has 0 spiro atoms. The average Bonchev–Trinajstić information content (AvgIpc) is 2.79. The Labute approximate surface area is 171 Å². The quantitative estimate of drug-likeness (QED) is 0.700. The fraction of sp³-hybridized carbons (Fsp3) is 0.304. The van der Waals surface area contributed by atoms with Crippen LogP contribution in [0.2, 0.25) is 0 Å². The Morgan fingerprint density at radius 3 is 2.38 bits per heavy atom. The summed E-state index contributed by atoms with van der Waals surface area (Å²) in [4.78, 5) is 27.5. The number of hydrogen-bond acceptors (Lipinski definition) is 5. The molecule has 6 heteroatoms. The van der Waals surface area contributed by atoms with E-state index in [4.69, 9.17) is 0 Å². The van der Waals surface area contributed by atoms with Gasteiger partial charge in [-0.1, -0.05) is 36.4 Å². The molecule has 0 saturated carbocycles. The van der Waals surface area contributed by atoms with E-state index in [0.717, 1.165) is 38.0 Å². The Morgan fingerprint density at radius 1 is 0.966 bits per heavy atom. The number of amides is 1. The molecule has 0 radical (unpaired) electrons. The van der Waals surface area contributed by atoms with Crippen LogP contribution in [0.1, 0.15) is 34.5 Å². The van der Waals surface area contributed by atoms with Crippen LogP contribution in [0, 0.1) is 5.92 Å². The van der Waals surface area contributed by atoms with Gasteiger partial charge in [0, 0.05) is 31.7 Å². The van der Waals surface area contributed by atoms with Gasteiger partial charge in [-0.25, -0.2) is 9.97 Å². The summed E-state index contributed by atoms with van der Waals surface area (Å²) in [6, 6.07) is 16.3. The smallest absolute Gasteiger partial charge is 0.256 e. The number of benzene rings is 1. The van der Waals surface area contributed by atoms with Crippen molar-refractivity contribution in [3.8, 4) is 0 Å². The van der Waals surface area contributed by atoms with Gasteiger partial charge in [-0.2, -0.15) is 0 Å². The number of nitrogens with one attached hydrogen (secondary N) is 1. The number of hydrogen-bond donors (Lipinski definition) is 1. The standard InChI is InChI=1S/C23H25N5O/c29-22(28-12-9-19(10-13-28)14-18-6-2-1-3-7-18)20-15-25-23(26-16-20)27-17-21-8-4-5-11-24-21/h1-8,11,15-16,19H,9-10,12-14,17H2,(H,25,26,27). The Bertz CT molecular complexity index is 907. The van der Waals surface area contributed by atoms with Crippen LogP contribution >= 0.6 is 0 Å². The van der Waals surface area contributed by atoms with Gasteiger partial charge in [0.2, 0.25) is 5.95 Å². The van der Waals surface area contributed by atoms with Gasteiger partial charge in [0.15, 0.2) is 0 Å². The molecule has 1 N–H and O–H groups in total. The number of pyridine rings is 1. The largest absolute Gasteiger partial charge is 0.349 e. The highest BCUT2D eigenvalue weighted by atomic mass is 16.2. The summed E-state index contributed by atoms with van der Waals surface area (Å²) in [5.41, 5.74) is 2.82. The van der Waals surface area contributed by atoms with Crippen molar-refractivity contribution in [1.29, 1.82) is 0 Å². The third kappa shape index (κ3) is 5.16. The van der Waals surface area contributed by atoms with Crippen LogP contribution < -0.4 is 5.32 Å². The van der Waals surface area contributed by atoms with E-state index in [-0.39, 0.29) is 5.91 Å². The van der Waals surface area contributed by atoms with Crippen molar-refractivity contribution in [3.05, 3.63) is 83.9 Å². The summed E-state index contributed by atoms with van der Waals surface area (Å²) in [7, 11) is 0. The molecular formula is C23H25N5O. The lowest BCUT2D eigenvalue weighted by atomic mass is 9.90. The van der Waals surface area contributed by atoms with Crippen molar-refractivity contribution in [2.24, 2.45) is 5.92 Å². The van der Waals surface area contributed by atoms with Gasteiger partial charge in [-0.3, -0.25) is 9.78 Å². The van der Waals surface area contributed by atoms with E-state index >= 15 is 0 Å². The van der Waals surface area contributed by atoms with E-state index < -0.39 is 0 Å². The second kappa shape index (κ2) is 9.28. The van der Waals surface area contributed by atoms with E-state index in [2.05, 4.69) is 44.5 Å². The number of aromatic nitrogens is 3. The SMILES string of the molecule is O=C(c1cnc(NCc2ccccn2)nc1)N1CCC(Cc2ccccc2)CC1. The molecule has 0 atom stereocenters. The summed E-state index contributed by atoms with van der Waals surface area (Å²) < 4.78 is 0. The maximum atomic E-state index is 12.8. The van der Waals surface area contributed by atoms with E-state index in [9.17, 15) is 4.79 Å². The molecule has 1 aliphatic heterocycles. The summed E-state index contributed by atoms with van der Waals surface area (Å²) in [6.07, 6.45) is 8.11. The first-order valence-corrected chi connectivity index (χ1v) is 10.1. The molecule has 1 aliphatic rings. The highest BCUT2D eigenvalue weighted by molar-refractivity contribution is 5.93. The number of rotatable bonds is 6. The third-order valence-corrected chi connectivity index (χ3v) is 5.32. The first-order chi connectivity index (χ1) is 14.3. The molecule has 0 bridgehead atoms. The van der Waals surface area contributed by atoms with E-state index in [1.165, 1.54) is 5.56 Å². The number of carbonyl (C=O) groups is 1. The molecule has 1 saturated heterocycles. The summed E-state index contributed by atoms with van der Waals surface area (Å²) in [6.45, 7) is 2.12. The normalized spacial score (nSPS) is 14.6. The molecule has 29 heavy (non-hydrogen) atoms. The molecular weight excluding hydrogens is 362 g/mol. The fourth-order valence-corrected chi connectivity index (χ4v) is 3.67. The molecule has 148 valence electrons. The van der Waals surface area contributed by atoms with Crippen molar-refractivity contribution in [2.75, 3.05) is 18.4 Å². The van der Waals surface area contributed by atoms with Crippen LogP contribution in [-0.4, -0.2) is 38.8 Å². The Morgan fingerprint density at radius 2 is 1.69 bits per heavy atom. The van der Waals surface area contributed by atoms with Gasteiger partial charge in [0.05, 0.1) is 17.8 Å². The van der Waals surface area contributed by atoms with Gasteiger partial charge in [0.25, 0.3) is 5.91 Å². The van der Waals surface area contributed by atoms with Gasteiger partial charge < -0.3 is 10.2 Å². The van der Waals surface area contributed by atoms with Crippen molar-refractivity contribution in [3.63, 3.8) is 0 Å². The molecule has 2 aromatic heterocycles. The van der Waals surface area contributed by atoms with Crippen LogP contribution in [0.15, 0.2) is 67.1 Å². The topological polar surface area (TPSA) is 71.0 Å². The molecule has 4 rings (SSSR count). The van der Waals surface area contributed by atoms with Gasteiger partial charge in [-0.05, 0) is 42.9 Å². The van der Waals surface area contributed by atoms with E-state index in [1.54, 1.807) is 18.6 Å². The summed E-state index contributed by atoms with van der Waals surface area (Å²) >= 11 is 0. The van der Waals surface area contributed by atoms with Crippen LogP contribution in [0.4, 0.5) is 5.95 Å². The fourth-order valence-electron chi connectivity index (χ4n) is 3.67. The number of carbonyl (C=O) groups excluding carboxylic acids is 1. The minimum absolute atomic E-state index is 0.0134. The number of piperidine rings is 1. The van der Waals surface area contributed by atoms with Crippen LogP contribution in [0.3, 0.4) is 0 Å². The monoisotopic (exact) mass is 387 g/mol. The summed E-state index contributed by atoms with van der Waals surface area (Å²) in [5.74, 6) is 1.14. The third-order valence-electron chi connectivity index (χ3n) is 5.32. The predicted octanol–water partition coefficient (Wildman–Crippen LogP) is 3.58. The zero-order chi connectivity index (χ0) is 19.9. The maximum absolute atomic E-state index is 12.8. The maximum Gasteiger partial charge on any atom is 0.256 e. The average molecular weight is 387 g/mol. The van der Waals surface area contributed by atoms with Crippen molar-refractivity contribution < 1.29 is 4.79 Å². The van der Waals surface area contributed by atoms with Crippen molar-refractivity contribution in [2.45, 2.75) is 25.8 Å². The second-order valence-electron chi connectivity index (χ2n) is 7.40. The lowest BCUT2D eigenvalue weighted by Gasteiger charge is -2.32. The second-order valence-corrected chi connectivity index (χ2v) is 7.40. The van der Waals surface area contributed by atoms with Crippen molar-refractivity contribution >= 4 is 11.9 Å². The molecule has 1 amide bonds. The zero-order valence-electron chi connectivity index (χ0n) is 16.4. The Kier molecular flexibility index (Phi) is 6.10. The van der Waals surface area contributed by atoms with E-state index in [0.29, 0.717) is 24.0 Å². The molecule has 1 aromatic carbocycles. The molecule has 3 heterocycles. The molecule has 3 aromatic rings. The number of nitrogens with zero attached hydrogens (tertiary/aromatic N) is 4. The van der Waals surface area contributed by atoms with Crippen LogP contribution in [-0.2, 0) is 13.0 Å². The summed E-state index contributed by atoms with van der Waals surface area (Å²) in [5, 5.41) is 3.13. The molecule has 6 nitrogen and oxygen atoms in total. The van der Waals surface area contributed by atoms with Crippen molar-refractivity contribution in [1.82, 2.24) is 19.9 Å².